The van der Waals surface area contributed by atoms with Crippen molar-refractivity contribution in [1.29, 1.82) is 0 Å². The van der Waals surface area contributed by atoms with Crippen molar-refractivity contribution in [3.8, 4) is 11.6 Å². The quantitative estimate of drug-likeness (QED) is 0.465. The van der Waals surface area contributed by atoms with Crippen LogP contribution in [0, 0.1) is 10.1 Å². The average Bonchev–Trinajstić information content (AvgIpc) is 3.27. The maximum absolute atomic E-state index is 12.7. The Balaban J connectivity index is 1.48. The Morgan fingerprint density at radius 2 is 2.17 bits per heavy atom. The second-order valence-corrected chi connectivity index (χ2v) is 6.99. The SMILES string of the molecule is O=C(NCCn1nc(-c2ccco2)n(C2CC2)c1=O)c1cc([N+](=O)[O-])ccc1Cl. The lowest BCUT2D eigenvalue weighted by molar-refractivity contribution is -0.384. The number of nitrogens with one attached hydrogen (secondary N) is 1. The fourth-order valence-corrected chi connectivity index (χ4v) is 3.18. The van der Waals surface area contributed by atoms with Crippen LogP contribution in [-0.2, 0) is 6.54 Å². The largest absolute Gasteiger partial charge is 0.461 e. The number of benzene rings is 1. The Morgan fingerprint density at radius 1 is 1.38 bits per heavy atom. The van der Waals surface area contributed by atoms with Gasteiger partial charge in [0, 0.05) is 24.7 Å². The molecule has 1 fully saturated rings. The van der Waals surface area contributed by atoms with Gasteiger partial charge in [0.25, 0.3) is 11.6 Å². The van der Waals surface area contributed by atoms with Gasteiger partial charge in [-0.2, -0.15) is 0 Å². The minimum absolute atomic E-state index is 0.00648. The summed E-state index contributed by atoms with van der Waals surface area (Å²) < 4.78 is 8.25. The Kier molecular flexibility index (Phi) is 4.93. The zero-order valence-electron chi connectivity index (χ0n) is 15.1. The van der Waals surface area contributed by atoms with E-state index in [9.17, 15) is 19.7 Å². The lowest BCUT2D eigenvalue weighted by Gasteiger charge is -2.06. The highest BCUT2D eigenvalue weighted by Gasteiger charge is 2.31. The van der Waals surface area contributed by atoms with E-state index in [1.54, 1.807) is 16.7 Å². The van der Waals surface area contributed by atoms with E-state index in [1.165, 1.54) is 23.1 Å². The first-order valence-corrected chi connectivity index (χ1v) is 9.29. The van der Waals surface area contributed by atoms with Crippen LogP contribution >= 0.6 is 11.6 Å². The number of non-ortho nitro benzene ring substituents is 1. The first-order valence-electron chi connectivity index (χ1n) is 8.91. The Morgan fingerprint density at radius 3 is 2.83 bits per heavy atom. The van der Waals surface area contributed by atoms with Crippen LogP contribution in [0.5, 0.6) is 0 Å². The molecule has 1 saturated carbocycles. The number of hydrogen-bond donors (Lipinski definition) is 1. The third-order valence-electron chi connectivity index (χ3n) is 4.54. The summed E-state index contributed by atoms with van der Waals surface area (Å²) in [6.07, 6.45) is 3.32. The normalized spacial score (nSPS) is 13.4. The van der Waals surface area contributed by atoms with Crippen LogP contribution in [0.1, 0.15) is 29.2 Å². The summed E-state index contributed by atoms with van der Waals surface area (Å²) >= 11 is 5.98. The predicted octanol–water partition coefficient (Wildman–Crippen LogP) is 2.63. The Bertz CT molecular complexity index is 1130. The monoisotopic (exact) mass is 417 g/mol. The molecule has 0 radical (unpaired) electrons. The fraction of sp³-hybridized carbons (Fsp3) is 0.278. The minimum atomic E-state index is -0.604. The summed E-state index contributed by atoms with van der Waals surface area (Å²) in [5.41, 5.74) is -0.517. The van der Waals surface area contributed by atoms with Crippen molar-refractivity contribution in [1.82, 2.24) is 19.7 Å². The molecule has 1 aliphatic rings. The third-order valence-corrected chi connectivity index (χ3v) is 4.87. The van der Waals surface area contributed by atoms with Crippen molar-refractivity contribution >= 4 is 23.2 Å². The van der Waals surface area contributed by atoms with Gasteiger partial charge in [0.2, 0.25) is 5.82 Å². The molecule has 150 valence electrons. The number of carbonyl (C=O) groups excluding carboxylic acids is 1. The van der Waals surface area contributed by atoms with Gasteiger partial charge >= 0.3 is 5.69 Å². The van der Waals surface area contributed by atoms with E-state index in [0.29, 0.717) is 11.6 Å². The molecule has 29 heavy (non-hydrogen) atoms. The molecule has 4 rings (SSSR count). The summed E-state index contributed by atoms with van der Waals surface area (Å²) in [5.74, 6) is 0.385. The van der Waals surface area contributed by atoms with Crippen LogP contribution in [0.3, 0.4) is 0 Å². The van der Waals surface area contributed by atoms with Crippen LogP contribution in [0.15, 0.2) is 45.8 Å². The molecule has 1 N–H and O–H groups in total. The van der Waals surface area contributed by atoms with Gasteiger partial charge < -0.3 is 9.73 Å². The topological polar surface area (TPSA) is 125 Å². The molecule has 0 spiro atoms. The number of hydrogen-bond acceptors (Lipinski definition) is 6. The van der Waals surface area contributed by atoms with Crippen LogP contribution in [-0.4, -0.2) is 31.7 Å². The van der Waals surface area contributed by atoms with Crippen LogP contribution in [0.2, 0.25) is 5.02 Å². The van der Waals surface area contributed by atoms with Gasteiger partial charge in [0.15, 0.2) is 5.76 Å². The molecule has 1 amide bonds. The molecular formula is C18H16ClN5O5. The lowest BCUT2D eigenvalue weighted by Crippen LogP contribution is -2.32. The van der Waals surface area contributed by atoms with E-state index in [4.69, 9.17) is 16.0 Å². The highest BCUT2D eigenvalue weighted by atomic mass is 35.5. The molecule has 1 aromatic carbocycles. The van der Waals surface area contributed by atoms with E-state index in [0.717, 1.165) is 18.9 Å². The third kappa shape index (κ3) is 3.79. The van der Waals surface area contributed by atoms with Crippen molar-refractivity contribution in [3.05, 3.63) is 67.8 Å². The number of furan rings is 1. The fourth-order valence-electron chi connectivity index (χ4n) is 2.97. The molecular weight excluding hydrogens is 402 g/mol. The average molecular weight is 418 g/mol. The number of nitrogens with zero attached hydrogens (tertiary/aromatic N) is 4. The maximum Gasteiger partial charge on any atom is 0.346 e. The van der Waals surface area contributed by atoms with Gasteiger partial charge in [0.05, 0.1) is 28.3 Å². The number of nitro benzene ring substituents is 1. The number of carbonyl (C=O) groups is 1. The highest BCUT2D eigenvalue weighted by molar-refractivity contribution is 6.33. The van der Waals surface area contributed by atoms with Crippen molar-refractivity contribution in [2.75, 3.05) is 6.54 Å². The molecule has 2 heterocycles. The number of rotatable bonds is 7. The second kappa shape index (κ2) is 7.55. The highest BCUT2D eigenvalue weighted by Crippen LogP contribution is 2.36. The van der Waals surface area contributed by atoms with E-state index in [2.05, 4.69) is 10.4 Å². The van der Waals surface area contributed by atoms with Crippen LogP contribution in [0.25, 0.3) is 11.6 Å². The molecule has 10 nitrogen and oxygen atoms in total. The van der Waals surface area contributed by atoms with Gasteiger partial charge in [-0.25, -0.2) is 9.48 Å². The van der Waals surface area contributed by atoms with Crippen molar-refractivity contribution in [2.45, 2.75) is 25.4 Å². The van der Waals surface area contributed by atoms with Crippen LogP contribution < -0.4 is 11.0 Å². The lowest BCUT2D eigenvalue weighted by atomic mass is 10.2. The van der Waals surface area contributed by atoms with Crippen molar-refractivity contribution in [3.63, 3.8) is 0 Å². The molecule has 0 unspecified atom stereocenters. The first-order chi connectivity index (χ1) is 14.0. The zero-order chi connectivity index (χ0) is 20.5. The minimum Gasteiger partial charge on any atom is -0.461 e. The van der Waals surface area contributed by atoms with Gasteiger partial charge in [0.1, 0.15) is 0 Å². The summed E-state index contributed by atoms with van der Waals surface area (Å²) in [6, 6.07) is 7.19. The maximum atomic E-state index is 12.7. The van der Waals surface area contributed by atoms with E-state index >= 15 is 0 Å². The number of aromatic nitrogens is 3. The molecule has 3 aromatic rings. The molecule has 11 heteroatoms. The van der Waals surface area contributed by atoms with Crippen molar-refractivity contribution < 1.29 is 14.1 Å². The van der Waals surface area contributed by atoms with Gasteiger partial charge in [-0.3, -0.25) is 19.5 Å². The van der Waals surface area contributed by atoms with Gasteiger partial charge in [-0.1, -0.05) is 11.6 Å². The molecule has 2 aromatic heterocycles. The number of nitro groups is 1. The standard InChI is InChI=1S/C18H16ClN5O5/c19-14-6-5-12(24(27)28)10-13(14)17(25)20-7-8-22-18(26)23(11-3-4-11)16(21-22)15-2-1-9-29-15/h1-2,5-6,9-11H,3-4,7-8H2,(H,20,25). The smallest absolute Gasteiger partial charge is 0.346 e. The Labute approximate surface area is 168 Å². The molecule has 1 aliphatic carbocycles. The van der Waals surface area contributed by atoms with Gasteiger partial charge in [-0.15, -0.1) is 5.10 Å². The molecule has 0 saturated heterocycles. The van der Waals surface area contributed by atoms with Gasteiger partial charge in [-0.05, 0) is 31.0 Å². The molecule has 0 aliphatic heterocycles. The predicted molar refractivity (Wildman–Crippen MR) is 103 cm³/mol. The number of halogens is 1. The van der Waals surface area contributed by atoms with Crippen LogP contribution in [0.4, 0.5) is 5.69 Å². The second-order valence-electron chi connectivity index (χ2n) is 6.58. The summed E-state index contributed by atoms with van der Waals surface area (Å²) in [6.45, 7) is 0.224. The van der Waals surface area contributed by atoms with E-state index in [1.807, 2.05) is 0 Å². The summed E-state index contributed by atoms with van der Waals surface area (Å²) in [7, 11) is 0. The van der Waals surface area contributed by atoms with Crippen molar-refractivity contribution in [2.24, 2.45) is 0 Å². The van der Waals surface area contributed by atoms with E-state index in [-0.39, 0.29) is 41.1 Å². The zero-order valence-corrected chi connectivity index (χ0v) is 15.8. The van der Waals surface area contributed by atoms with E-state index < -0.39 is 10.8 Å². The summed E-state index contributed by atoms with van der Waals surface area (Å²) in [5, 5.41) is 17.9. The Hall–Kier alpha value is -3.40. The molecule has 0 atom stereocenters. The molecule has 0 bridgehead atoms. The first kappa shape index (κ1) is 18.9. The number of amides is 1. The summed E-state index contributed by atoms with van der Waals surface area (Å²) in [4.78, 5) is 35.3.